The zero-order valence-electron chi connectivity index (χ0n) is 26.1. The van der Waals surface area contributed by atoms with Crippen LogP contribution in [0.3, 0.4) is 0 Å². The summed E-state index contributed by atoms with van der Waals surface area (Å²) in [5.74, 6) is -2.16. The van der Waals surface area contributed by atoms with E-state index in [1.54, 1.807) is 73.3 Å². The van der Waals surface area contributed by atoms with Gasteiger partial charge in [-0.25, -0.2) is 0 Å². The van der Waals surface area contributed by atoms with Crippen molar-refractivity contribution in [2.45, 2.75) is 0 Å². The minimum absolute atomic E-state index is 0. The van der Waals surface area contributed by atoms with Crippen LogP contribution in [0.25, 0.3) is 0 Å². The van der Waals surface area contributed by atoms with Crippen molar-refractivity contribution in [3.8, 4) is 11.5 Å². The maximum absolute atomic E-state index is 12.2. The van der Waals surface area contributed by atoms with Crippen LogP contribution in [-0.2, 0) is 17.1 Å². The van der Waals surface area contributed by atoms with Crippen molar-refractivity contribution >= 4 is 55.0 Å². The number of rotatable bonds is 0. The molecule has 0 unspecified atom stereocenters. The molecule has 0 saturated heterocycles. The van der Waals surface area contributed by atoms with E-state index >= 15 is 0 Å². The number of hydrogen-bond donors (Lipinski definition) is 0. The van der Waals surface area contributed by atoms with Crippen LogP contribution in [0, 0.1) is 0 Å². The van der Waals surface area contributed by atoms with Gasteiger partial charge in [-0.2, -0.15) is 0 Å². The van der Waals surface area contributed by atoms with Crippen LogP contribution < -0.4 is 10.2 Å². The van der Waals surface area contributed by atoms with E-state index in [0.29, 0.717) is 31.2 Å². The Morgan fingerprint density at radius 2 is 0.706 bits per heavy atom. The maximum Gasteiger partial charge on any atom is 2.00 e. The van der Waals surface area contributed by atoms with Gasteiger partial charge in [-0.3, -0.25) is 29.1 Å². The van der Waals surface area contributed by atoms with E-state index in [0.717, 1.165) is 0 Å². The molecule has 51 heavy (non-hydrogen) atoms. The zero-order chi connectivity index (χ0) is 34.2. The second-order valence-electron chi connectivity index (χ2n) is 10.1. The van der Waals surface area contributed by atoms with E-state index in [4.69, 9.17) is 0 Å². The third-order valence-corrected chi connectivity index (χ3v) is 7.96. The predicted octanol–water partition coefficient (Wildman–Crippen LogP) is 5.11. The largest absolute Gasteiger partial charge is 2.00 e. The van der Waals surface area contributed by atoms with Crippen molar-refractivity contribution in [3.63, 3.8) is 0 Å². The number of carbonyl (C=O) groups excluding carboxylic acids is 4. The summed E-state index contributed by atoms with van der Waals surface area (Å²) in [5.41, 5.74) is 1.61. The van der Waals surface area contributed by atoms with Crippen LogP contribution in [0.4, 0.5) is 0 Å². The van der Waals surface area contributed by atoms with Crippen LogP contribution in [-0.4, -0.2) is 44.1 Å². The van der Waals surface area contributed by atoms with Gasteiger partial charge >= 0.3 is 17.1 Å². The Kier molecular flexibility index (Phi) is 15.9. The summed E-state index contributed by atoms with van der Waals surface area (Å²) in [6.07, 6.45) is 7.00. The van der Waals surface area contributed by atoms with E-state index < -0.39 is 11.5 Å². The quantitative estimate of drug-likeness (QED) is 0.187. The molecule has 0 fully saturated rings. The molecule has 0 aliphatic heterocycles. The summed E-state index contributed by atoms with van der Waals surface area (Å²) in [4.78, 5) is 56.5. The smallest absolute Gasteiger partial charge is 0.872 e. The molecule has 2 aliphatic carbocycles. The average Bonchev–Trinajstić information content (AvgIpc) is 3.11. The first kappa shape index (κ1) is 42.0. The van der Waals surface area contributed by atoms with Gasteiger partial charge in [0.2, 0.25) is 0 Å². The van der Waals surface area contributed by atoms with Crippen molar-refractivity contribution in [1.29, 1.82) is 0 Å². The van der Waals surface area contributed by atoms with E-state index in [2.05, 4.69) is 41.8 Å². The van der Waals surface area contributed by atoms with Crippen molar-refractivity contribution in [1.82, 2.24) is 9.97 Å². The first-order valence-electron chi connectivity index (χ1n) is 14.3. The summed E-state index contributed by atoms with van der Waals surface area (Å²) < 4.78 is 1.01. The molecule has 10 nitrogen and oxygen atoms in total. The Bertz CT molecular complexity index is 1960. The molecular formula is C38H26Br2CuN2O8. The molecule has 6 aromatic rings. The summed E-state index contributed by atoms with van der Waals surface area (Å²) >= 11 is 6.33. The normalized spacial score (nSPS) is 11.2. The standard InChI is InChI=1S/2C14H7BrO3.2C5H5N.Cu.2H2O/c2*15-7-5-10-12(11(16)6-7)14(18)9-4-2-1-3-8(9)13(10)17;2*1-2-4-6-5-3-1;;;/h2*1-6,16H;2*1-5H;;2*1H2/q;;;;+2;;/p-2. The maximum atomic E-state index is 12.2. The number of pyridine rings is 2. The molecule has 0 spiro atoms. The van der Waals surface area contributed by atoms with Crippen LogP contribution >= 0.6 is 31.9 Å². The Labute approximate surface area is 319 Å². The summed E-state index contributed by atoms with van der Waals surface area (Å²) in [7, 11) is 0. The van der Waals surface area contributed by atoms with Crippen LogP contribution in [0.5, 0.6) is 11.5 Å². The van der Waals surface area contributed by atoms with Gasteiger partial charge in [0.15, 0.2) is 23.1 Å². The van der Waals surface area contributed by atoms with Gasteiger partial charge in [0.25, 0.3) is 0 Å². The summed E-state index contributed by atoms with van der Waals surface area (Å²) in [5, 5.41) is 23.7. The molecule has 261 valence electrons. The molecule has 13 heteroatoms. The average molecular weight is 862 g/mol. The number of hydrogen-bond acceptors (Lipinski definition) is 8. The number of carbonyl (C=O) groups is 4. The number of aromatic nitrogens is 2. The van der Waals surface area contributed by atoms with Gasteiger partial charge in [0.1, 0.15) is 0 Å². The third kappa shape index (κ3) is 9.56. The Morgan fingerprint density at radius 1 is 0.412 bits per heavy atom. The Hall–Kier alpha value is -5.14. The molecule has 8 rings (SSSR count). The zero-order valence-corrected chi connectivity index (χ0v) is 30.2. The van der Waals surface area contributed by atoms with E-state index in [-0.39, 0.29) is 73.4 Å². The molecule has 1 radical (unpaired) electrons. The second kappa shape index (κ2) is 19.3. The van der Waals surface area contributed by atoms with Crippen LogP contribution in [0.15, 0.2) is 143 Å². The molecule has 4 N–H and O–H groups in total. The predicted molar refractivity (Wildman–Crippen MR) is 189 cm³/mol. The molecule has 4 aromatic carbocycles. The van der Waals surface area contributed by atoms with Gasteiger partial charge in [0.05, 0.1) is 0 Å². The summed E-state index contributed by atoms with van der Waals surface area (Å²) in [6.45, 7) is 0. The van der Waals surface area contributed by atoms with Crippen LogP contribution in [0.1, 0.15) is 63.7 Å². The van der Waals surface area contributed by atoms with Crippen LogP contribution in [0.2, 0.25) is 0 Å². The molecule has 2 aliphatic rings. The number of nitrogens with zero attached hydrogens (tertiary/aromatic N) is 2. The fourth-order valence-electron chi connectivity index (χ4n) is 4.93. The van der Waals surface area contributed by atoms with Crippen molar-refractivity contribution < 1.29 is 57.4 Å². The number of ketones is 4. The first-order chi connectivity index (χ1) is 23.2. The van der Waals surface area contributed by atoms with Crippen molar-refractivity contribution in [2.24, 2.45) is 0 Å². The number of halogens is 2. The van der Waals surface area contributed by atoms with Crippen molar-refractivity contribution in [2.75, 3.05) is 0 Å². The minimum Gasteiger partial charge on any atom is -0.872 e. The van der Waals surface area contributed by atoms with E-state index in [1.165, 1.54) is 24.3 Å². The topological polar surface area (TPSA) is 203 Å². The molecular weight excluding hydrogens is 836 g/mol. The molecule has 0 saturated carbocycles. The Balaban J connectivity index is 0.000000256. The first-order valence-corrected chi connectivity index (χ1v) is 15.9. The summed E-state index contributed by atoms with van der Waals surface area (Å²) in [6, 6.07) is 30.2. The second-order valence-corrected chi connectivity index (χ2v) is 11.9. The SMILES string of the molecule is O.O.O=C1c2ccccc2C(=O)c2c([O-])cc(Br)cc21.O=C1c2ccccc2C(=O)c2c([O-])cc(Br)cc21.[Cu+2].c1ccncc1.c1ccncc1. The monoisotopic (exact) mass is 859 g/mol. The number of benzene rings is 4. The van der Waals surface area contributed by atoms with Gasteiger partial charge in [-0.15, -0.1) is 0 Å². The fraction of sp³-hybridized carbons (Fsp3) is 0. The number of fused-ring (bicyclic) bond motifs is 4. The molecule has 0 atom stereocenters. The van der Waals surface area contributed by atoms with Gasteiger partial charge in [-0.05, 0) is 36.4 Å². The molecule has 2 aromatic heterocycles. The van der Waals surface area contributed by atoms with Gasteiger partial charge in [-0.1, -0.05) is 116 Å². The molecule has 0 bridgehead atoms. The molecule has 0 amide bonds. The van der Waals surface area contributed by atoms with Crippen molar-refractivity contribution in [3.05, 3.63) is 187 Å². The Morgan fingerprint density at radius 3 is 0.961 bits per heavy atom. The van der Waals surface area contributed by atoms with E-state index in [1.807, 2.05) is 36.4 Å². The van der Waals surface area contributed by atoms with Gasteiger partial charge < -0.3 is 21.2 Å². The fourth-order valence-corrected chi connectivity index (χ4v) is 5.81. The van der Waals surface area contributed by atoms with E-state index in [9.17, 15) is 29.4 Å². The minimum atomic E-state index is -0.424. The third-order valence-electron chi connectivity index (χ3n) is 7.04. The molecule has 2 heterocycles. The van der Waals surface area contributed by atoms with Gasteiger partial charge in [0, 0.05) is 78.2 Å².